The molecule has 0 spiro atoms. The van der Waals surface area contributed by atoms with Crippen LogP contribution in [0.4, 0.5) is 0 Å². The van der Waals surface area contributed by atoms with Gasteiger partial charge in [0, 0.05) is 6.08 Å². The van der Waals surface area contributed by atoms with E-state index in [1.807, 2.05) is 24.3 Å². The minimum Gasteiger partial charge on any atom is -0.366 e. The topological polar surface area (TPSA) is 43.1 Å². The molecule has 2 heteroatoms. The Balaban J connectivity index is 2.73. The summed E-state index contributed by atoms with van der Waals surface area (Å²) >= 11 is 0. The molecule has 1 aliphatic carbocycles. The van der Waals surface area contributed by atoms with E-state index in [4.69, 9.17) is 5.73 Å². The zero-order valence-corrected chi connectivity index (χ0v) is 4.87. The molecule has 0 heterocycles. The molecule has 2 nitrogen and oxygen atoms in total. The van der Waals surface area contributed by atoms with E-state index in [1.54, 1.807) is 0 Å². The van der Waals surface area contributed by atoms with Gasteiger partial charge in [-0.05, 0) is 5.57 Å². The highest BCUT2D eigenvalue weighted by atomic mass is 16.1. The number of amides is 1. The lowest BCUT2D eigenvalue weighted by molar-refractivity contribution is -0.113. The molecule has 0 unspecified atom stereocenters. The fraction of sp³-hybridized carbons (Fsp3) is 0. The summed E-state index contributed by atoms with van der Waals surface area (Å²) in [4.78, 5) is 10.2. The number of allylic oxidation sites excluding steroid dienone is 5. The standard InChI is InChI=1S/C7H7NO/c8-7(9)5-6-3-1-2-4-6/h1-5H,(H2,8,9). The first kappa shape index (κ1) is 5.82. The molecule has 1 aliphatic rings. The smallest absolute Gasteiger partial charge is 0.241 e. The summed E-state index contributed by atoms with van der Waals surface area (Å²) in [5.74, 6) is -0.402. The second kappa shape index (κ2) is 2.31. The van der Waals surface area contributed by atoms with Crippen molar-refractivity contribution in [1.82, 2.24) is 0 Å². The van der Waals surface area contributed by atoms with E-state index in [0.717, 1.165) is 5.57 Å². The number of carbonyl (C=O) groups excluding carboxylic acids is 1. The first-order chi connectivity index (χ1) is 4.29. The fourth-order valence-corrected chi connectivity index (χ4v) is 0.649. The van der Waals surface area contributed by atoms with Gasteiger partial charge in [0.05, 0.1) is 0 Å². The number of nitrogens with two attached hydrogens (primary N) is 1. The second-order valence-corrected chi connectivity index (χ2v) is 1.76. The maximum absolute atomic E-state index is 10.2. The van der Waals surface area contributed by atoms with E-state index < -0.39 is 5.91 Å². The van der Waals surface area contributed by atoms with Crippen molar-refractivity contribution in [2.75, 3.05) is 0 Å². The van der Waals surface area contributed by atoms with Crippen LogP contribution in [0.1, 0.15) is 0 Å². The number of hydrogen-bond acceptors (Lipinski definition) is 1. The average Bonchev–Trinajstić information content (AvgIpc) is 2.15. The zero-order chi connectivity index (χ0) is 6.69. The van der Waals surface area contributed by atoms with E-state index in [0.29, 0.717) is 0 Å². The van der Waals surface area contributed by atoms with Crippen molar-refractivity contribution in [3.63, 3.8) is 0 Å². The third-order valence-electron chi connectivity index (χ3n) is 0.997. The van der Waals surface area contributed by atoms with E-state index >= 15 is 0 Å². The molecule has 0 aromatic heterocycles. The van der Waals surface area contributed by atoms with E-state index in [-0.39, 0.29) is 0 Å². The predicted octanol–water partition coefficient (Wildman–Crippen LogP) is 0.524. The SMILES string of the molecule is NC(=O)C=C1C=CC=C1. The molecule has 0 aliphatic heterocycles. The maximum Gasteiger partial charge on any atom is 0.241 e. The molecule has 0 radical (unpaired) electrons. The average molecular weight is 121 g/mol. The Morgan fingerprint density at radius 1 is 1.44 bits per heavy atom. The van der Waals surface area contributed by atoms with Crippen LogP contribution in [0.3, 0.4) is 0 Å². The van der Waals surface area contributed by atoms with Crippen LogP contribution in [-0.2, 0) is 4.79 Å². The molecular formula is C7H7NO. The molecule has 0 atom stereocenters. The summed E-state index contributed by atoms with van der Waals surface area (Å²) in [5.41, 5.74) is 5.75. The summed E-state index contributed by atoms with van der Waals surface area (Å²) < 4.78 is 0. The molecule has 0 saturated carbocycles. The highest BCUT2D eigenvalue weighted by Crippen LogP contribution is 2.05. The van der Waals surface area contributed by atoms with E-state index in [9.17, 15) is 4.79 Å². The highest BCUT2D eigenvalue weighted by molar-refractivity contribution is 5.87. The van der Waals surface area contributed by atoms with Gasteiger partial charge in [-0.1, -0.05) is 24.3 Å². The first-order valence-corrected chi connectivity index (χ1v) is 2.65. The Kier molecular flexibility index (Phi) is 1.49. The predicted molar refractivity (Wildman–Crippen MR) is 35.6 cm³/mol. The quantitative estimate of drug-likeness (QED) is 0.505. The van der Waals surface area contributed by atoms with Gasteiger partial charge in [0.15, 0.2) is 0 Å². The lowest BCUT2D eigenvalue weighted by atomic mass is 10.3. The minimum absolute atomic E-state index is 0.402. The zero-order valence-electron chi connectivity index (χ0n) is 4.87. The van der Waals surface area contributed by atoms with Crippen LogP contribution in [0.15, 0.2) is 36.0 Å². The molecule has 2 N–H and O–H groups in total. The van der Waals surface area contributed by atoms with E-state index in [2.05, 4.69) is 0 Å². The summed E-state index contributed by atoms with van der Waals surface area (Å²) in [6.07, 6.45) is 8.75. The number of rotatable bonds is 1. The molecule has 0 saturated heterocycles. The summed E-state index contributed by atoms with van der Waals surface area (Å²) in [6, 6.07) is 0. The van der Waals surface area contributed by atoms with Gasteiger partial charge in [0.2, 0.25) is 5.91 Å². The Morgan fingerprint density at radius 3 is 2.44 bits per heavy atom. The molecule has 0 aromatic rings. The van der Waals surface area contributed by atoms with Crippen LogP contribution in [0.5, 0.6) is 0 Å². The minimum atomic E-state index is -0.402. The third-order valence-corrected chi connectivity index (χ3v) is 0.997. The van der Waals surface area contributed by atoms with Gasteiger partial charge < -0.3 is 5.73 Å². The van der Waals surface area contributed by atoms with Crippen LogP contribution in [-0.4, -0.2) is 5.91 Å². The van der Waals surface area contributed by atoms with Gasteiger partial charge >= 0.3 is 0 Å². The van der Waals surface area contributed by atoms with E-state index in [1.165, 1.54) is 6.08 Å². The second-order valence-electron chi connectivity index (χ2n) is 1.76. The van der Waals surface area contributed by atoms with Crippen molar-refractivity contribution in [2.45, 2.75) is 0 Å². The number of primary amides is 1. The maximum atomic E-state index is 10.2. The molecule has 9 heavy (non-hydrogen) atoms. The van der Waals surface area contributed by atoms with Crippen molar-refractivity contribution in [3.05, 3.63) is 36.0 Å². The Hall–Kier alpha value is -1.31. The molecular weight excluding hydrogens is 114 g/mol. The summed E-state index contributed by atoms with van der Waals surface area (Å²) in [6.45, 7) is 0. The molecule has 0 fully saturated rings. The van der Waals surface area contributed by atoms with Gasteiger partial charge in [0.25, 0.3) is 0 Å². The number of hydrogen-bond donors (Lipinski definition) is 1. The monoisotopic (exact) mass is 121 g/mol. The van der Waals surface area contributed by atoms with Gasteiger partial charge in [-0.25, -0.2) is 0 Å². The van der Waals surface area contributed by atoms with Crippen LogP contribution in [0, 0.1) is 0 Å². The van der Waals surface area contributed by atoms with Crippen molar-refractivity contribution in [3.8, 4) is 0 Å². The number of carbonyl (C=O) groups is 1. The largest absolute Gasteiger partial charge is 0.366 e. The Labute approximate surface area is 53.4 Å². The molecule has 0 bridgehead atoms. The van der Waals surface area contributed by atoms with Crippen molar-refractivity contribution >= 4 is 5.91 Å². The van der Waals surface area contributed by atoms with Gasteiger partial charge in [-0.15, -0.1) is 0 Å². The molecule has 1 amide bonds. The van der Waals surface area contributed by atoms with Gasteiger partial charge in [-0.2, -0.15) is 0 Å². The normalized spacial score (nSPS) is 14.4. The van der Waals surface area contributed by atoms with Gasteiger partial charge in [0.1, 0.15) is 0 Å². The van der Waals surface area contributed by atoms with Gasteiger partial charge in [-0.3, -0.25) is 4.79 Å². The Bertz CT molecular complexity index is 197. The van der Waals surface area contributed by atoms with Crippen LogP contribution in [0.2, 0.25) is 0 Å². The van der Waals surface area contributed by atoms with Crippen LogP contribution in [0.25, 0.3) is 0 Å². The lowest BCUT2D eigenvalue weighted by Crippen LogP contribution is -2.06. The highest BCUT2D eigenvalue weighted by Gasteiger charge is 1.92. The third kappa shape index (κ3) is 1.57. The van der Waals surface area contributed by atoms with Crippen molar-refractivity contribution in [1.29, 1.82) is 0 Å². The summed E-state index contributed by atoms with van der Waals surface area (Å²) in [7, 11) is 0. The molecule has 0 aromatic carbocycles. The van der Waals surface area contributed by atoms with Crippen molar-refractivity contribution in [2.24, 2.45) is 5.73 Å². The first-order valence-electron chi connectivity index (χ1n) is 2.65. The van der Waals surface area contributed by atoms with Crippen LogP contribution < -0.4 is 5.73 Å². The van der Waals surface area contributed by atoms with Crippen LogP contribution >= 0.6 is 0 Å². The molecule has 1 rings (SSSR count). The molecule has 46 valence electrons. The fourth-order valence-electron chi connectivity index (χ4n) is 0.649. The lowest BCUT2D eigenvalue weighted by Gasteiger charge is -1.83. The summed E-state index contributed by atoms with van der Waals surface area (Å²) in [5, 5.41) is 0. The Morgan fingerprint density at radius 2 is 2.00 bits per heavy atom. The van der Waals surface area contributed by atoms with Crippen molar-refractivity contribution < 1.29 is 4.79 Å².